The van der Waals surface area contributed by atoms with Crippen molar-refractivity contribution in [1.29, 1.82) is 0 Å². The molecule has 24 heavy (non-hydrogen) atoms. The van der Waals surface area contributed by atoms with Gasteiger partial charge in [0.1, 0.15) is 5.75 Å². The van der Waals surface area contributed by atoms with E-state index in [-0.39, 0.29) is 11.9 Å². The molecule has 0 saturated carbocycles. The first-order chi connectivity index (χ1) is 11.8. The van der Waals surface area contributed by atoms with Crippen LogP contribution in [-0.2, 0) is 0 Å². The molecule has 1 N–H and O–H groups in total. The van der Waals surface area contributed by atoms with Crippen LogP contribution in [0.4, 0.5) is 0 Å². The van der Waals surface area contributed by atoms with E-state index in [0.29, 0.717) is 12.1 Å². The van der Waals surface area contributed by atoms with Gasteiger partial charge in [-0.25, -0.2) is 0 Å². The number of nitrogens with one attached hydrogen (secondary N) is 1. The van der Waals surface area contributed by atoms with Crippen LogP contribution in [0.5, 0.6) is 5.75 Å². The average Bonchev–Trinajstić information content (AvgIpc) is 3.17. The minimum atomic E-state index is -0.0201. The lowest BCUT2D eigenvalue weighted by atomic mass is 10.0. The quantitative estimate of drug-likeness (QED) is 0.887. The van der Waals surface area contributed by atoms with Crippen molar-refractivity contribution in [2.45, 2.75) is 18.9 Å². The first kappa shape index (κ1) is 16.5. The molecule has 126 valence electrons. The highest BCUT2D eigenvalue weighted by Crippen LogP contribution is 2.26. The van der Waals surface area contributed by atoms with Gasteiger partial charge in [-0.1, -0.05) is 30.3 Å². The summed E-state index contributed by atoms with van der Waals surface area (Å²) in [4.78, 5) is 14.8. The van der Waals surface area contributed by atoms with Gasteiger partial charge in [0.15, 0.2) is 0 Å². The van der Waals surface area contributed by atoms with Crippen LogP contribution in [-0.4, -0.2) is 37.6 Å². The Morgan fingerprint density at radius 3 is 2.38 bits per heavy atom. The van der Waals surface area contributed by atoms with Gasteiger partial charge in [-0.3, -0.25) is 9.69 Å². The molecule has 1 atom stereocenters. The van der Waals surface area contributed by atoms with Gasteiger partial charge in [0.05, 0.1) is 13.2 Å². The van der Waals surface area contributed by atoms with Crippen LogP contribution in [0, 0.1) is 0 Å². The van der Waals surface area contributed by atoms with Crippen molar-refractivity contribution in [1.82, 2.24) is 10.2 Å². The first-order valence-corrected chi connectivity index (χ1v) is 8.49. The Bertz CT molecular complexity index is 649. The Balaban J connectivity index is 1.71. The van der Waals surface area contributed by atoms with Crippen LogP contribution in [0.3, 0.4) is 0 Å². The third-order valence-electron chi connectivity index (χ3n) is 4.57. The first-order valence-electron chi connectivity index (χ1n) is 8.49. The van der Waals surface area contributed by atoms with Gasteiger partial charge >= 0.3 is 0 Å². The number of carbonyl (C=O) groups is 1. The molecule has 1 saturated heterocycles. The summed E-state index contributed by atoms with van der Waals surface area (Å²) in [6.45, 7) is 2.77. The smallest absolute Gasteiger partial charge is 0.251 e. The number of hydrogen-bond acceptors (Lipinski definition) is 3. The predicted molar refractivity (Wildman–Crippen MR) is 95.3 cm³/mol. The Hall–Kier alpha value is -2.33. The summed E-state index contributed by atoms with van der Waals surface area (Å²) in [6, 6.07) is 17.7. The summed E-state index contributed by atoms with van der Waals surface area (Å²) in [5, 5.41) is 3.09. The monoisotopic (exact) mass is 324 g/mol. The van der Waals surface area contributed by atoms with E-state index in [1.807, 2.05) is 42.5 Å². The SMILES string of the molecule is COc1ccc([C@H](CNC(=O)c2ccccc2)N2CCCC2)cc1. The maximum absolute atomic E-state index is 12.3. The number of rotatable bonds is 6. The largest absolute Gasteiger partial charge is 0.497 e. The van der Waals surface area contributed by atoms with Gasteiger partial charge in [-0.05, 0) is 55.8 Å². The van der Waals surface area contributed by atoms with Crippen molar-refractivity contribution in [3.8, 4) is 5.75 Å². The summed E-state index contributed by atoms with van der Waals surface area (Å²) in [6.07, 6.45) is 2.44. The van der Waals surface area contributed by atoms with Crippen molar-refractivity contribution in [3.63, 3.8) is 0 Å². The van der Waals surface area contributed by atoms with Crippen LogP contribution >= 0.6 is 0 Å². The zero-order valence-electron chi connectivity index (χ0n) is 14.1. The molecule has 0 unspecified atom stereocenters. The molecular weight excluding hydrogens is 300 g/mol. The molecule has 4 nitrogen and oxygen atoms in total. The van der Waals surface area contributed by atoms with Crippen LogP contribution in [0.1, 0.15) is 34.8 Å². The topological polar surface area (TPSA) is 41.6 Å². The molecule has 3 rings (SSSR count). The Morgan fingerprint density at radius 2 is 1.75 bits per heavy atom. The number of carbonyl (C=O) groups excluding carboxylic acids is 1. The van der Waals surface area contributed by atoms with E-state index in [0.717, 1.165) is 18.8 Å². The van der Waals surface area contributed by atoms with Gasteiger partial charge in [-0.15, -0.1) is 0 Å². The molecular formula is C20H24N2O2. The normalized spacial score (nSPS) is 15.9. The highest BCUT2D eigenvalue weighted by Gasteiger charge is 2.24. The molecule has 4 heteroatoms. The number of benzene rings is 2. The number of amides is 1. The minimum Gasteiger partial charge on any atom is -0.497 e. The Kier molecular flexibility index (Phi) is 5.49. The Labute approximate surface area is 143 Å². The maximum Gasteiger partial charge on any atom is 0.251 e. The lowest BCUT2D eigenvalue weighted by Gasteiger charge is -2.28. The van der Waals surface area contributed by atoms with Crippen molar-refractivity contribution in [2.75, 3.05) is 26.7 Å². The number of nitrogens with zero attached hydrogens (tertiary/aromatic N) is 1. The second-order valence-electron chi connectivity index (χ2n) is 6.11. The summed E-state index contributed by atoms with van der Waals surface area (Å²) in [5.41, 5.74) is 1.92. The molecule has 1 aliphatic rings. The van der Waals surface area contributed by atoms with Crippen molar-refractivity contribution >= 4 is 5.91 Å². The highest BCUT2D eigenvalue weighted by molar-refractivity contribution is 5.94. The lowest BCUT2D eigenvalue weighted by molar-refractivity contribution is 0.0938. The van der Waals surface area contributed by atoms with Gasteiger partial charge in [0.25, 0.3) is 5.91 Å². The van der Waals surface area contributed by atoms with E-state index >= 15 is 0 Å². The lowest BCUT2D eigenvalue weighted by Crippen LogP contribution is -2.36. The molecule has 0 aromatic heterocycles. The van der Waals surface area contributed by atoms with E-state index in [4.69, 9.17) is 4.74 Å². The minimum absolute atomic E-state index is 0.0201. The van der Waals surface area contributed by atoms with Crippen LogP contribution in [0.25, 0.3) is 0 Å². The summed E-state index contributed by atoms with van der Waals surface area (Å²) in [7, 11) is 1.67. The third-order valence-corrected chi connectivity index (χ3v) is 4.57. The number of ether oxygens (including phenoxy) is 1. The molecule has 0 radical (unpaired) electrons. The molecule has 2 aromatic rings. The molecule has 2 aromatic carbocycles. The van der Waals surface area contributed by atoms with E-state index in [1.54, 1.807) is 7.11 Å². The fraction of sp³-hybridized carbons (Fsp3) is 0.350. The van der Waals surface area contributed by atoms with E-state index < -0.39 is 0 Å². The summed E-state index contributed by atoms with van der Waals surface area (Å²) in [5.74, 6) is 0.834. The van der Waals surface area contributed by atoms with Gasteiger partial charge in [0, 0.05) is 12.1 Å². The van der Waals surface area contributed by atoms with E-state index in [2.05, 4.69) is 22.3 Å². The molecule has 1 aliphatic heterocycles. The van der Waals surface area contributed by atoms with Gasteiger partial charge in [-0.2, -0.15) is 0 Å². The maximum atomic E-state index is 12.3. The van der Waals surface area contributed by atoms with E-state index in [9.17, 15) is 4.79 Å². The van der Waals surface area contributed by atoms with Crippen LogP contribution in [0.2, 0.25) is 0 Å². The fourth-order valence-corrected chi connectivity index (χ4v) is 3.22. The number of hydrogen-bond donors (Lipinski definition) is 1. The molecule has 0 spiro atoms. The second kappa shape index (κ2) is 7.97. The zero-order valence-corrected chi connectivity index (χ0v) is 14.1. The summed E-state index contributed by atoms with van der Waals surface area (Å²) < 4.78 is 5.25. The molecule has 1 heterocycles. The van der Waals surface area contributed by atoms with Crippen molar-refractivity contribution < 1.29 is 9.53 Å². The van der Waals surface area contributed by atoms with Gasteiger partial charge < -0.3 is 10.1 Å². The number of methoxy groups -OCH3 is 1. The van der Waals surface area contributed by atoms with Crippen LogP contribution in [0.15, 0.2) is 54.6 Å². The van der Waals surface area contributed by atoms with Gasteiger partial charge in [0.2, 0.25) is 0 Å². The van der Waals surface area contributed by atoms with E-state index in [1.165, 1.54) is 18.4 Å². The predicted octanol–water partition coefficient (Wildman–Crippen LogP) is 3.26. The molecule has 0 aliphatic carbocycles. The fourth-order valence-electron chi connectivity index (χ4n) is 3.22. The zero-order chi connectivity index (χ0) is 16.8. The number of likely N-dealkylation sites (tertiary alicyclic amines) is 1. The molecule has 1 fully saturated rings. The standard InChI is InChI=1S/C20H24N2O2/c1-24-18-11-9-16(10-12-18)19(22-13-5-6-14-22)15-21-20(23)17-7-3-2-4-8-17/h2-4,7-12,19H,5-6,13-15H2,1H3,(H,21,23)/t19-/m0/s1. The van der Waals surface area contributed by atoms with Crippen molar-refractivity contribution in [3.05, 3.63) is 65.7 Å². The summed E-state index contributed by atoms with van der Waals surface area (Å²) >= 11 is 0. The highest BCUT2D eigenvalue weighted by atomic mass is 16.5. The van der Waals surface area contributed by atoms with Crippen LogP contribution < -0.4 is 10.1 Å². The van der Waals surface area contributed by atoms with Crippen molar-refractivity contribution in [2.24, 2.45) is 0 Å². The molecule has 0 bridgehead atoms. The average molecular weight is 324 g/mol. The second-order valence-corrected chi connectivity index (χ2v) is 6.11. The third kappa shape index (κ3) is 3.95. The molecule has 1 amide bonds. The Morgan fingerprint density at radius 1 is 1.08 bits per heavy atom.